The molecule has 0 aromatic heterocycles. The molecule has 1 atom stereocenters. The molecule has 1 rings (SSSR count). The highest BCUT2D eigenvalue weighted by Crippen LogP contribution is 2.03. The molecule has 0 radical (unpaired) electrons. The van der Waals surface area contributed by atoms with Gasteiger partial charge in [-0.3, -0.25) is 4.79 Å². The SMILES string of the molecule is CCC(CC)NC(=O)C(N)Cc1ccccc1.Cl. The molecule has 102 valence electrons. The van der Waals surface area contributed by atoms with E-state index in [9.17, 15) is 4.79 Å². The first kappa shape index (κ1) is 16.9. The molecule has 0 saturated carbocycles. The van der Waals surface area contributed by atoms with Crippen LogP contribution in [0.5, 0.6) is 0 Å². The zero-order valence-electron chi connectivity index (χ0n) is 11.1. The molecule has 0 spiro atoms. The van der Waals surface area contributed by atoms with Crippen molar-refractivity contribution < 1.29 is 4.79 Å². The lowest BCUT2D eigenvalue weighted by Crippen LogP contribution is -2.46. The van der Waals surface area contributed by atoms with Crippen molar-refractivity contribution in [3.63, 3.8) is 0 Å². The summed E-state index contributed by atoms with van der Waals surface area (Å²) in [6.07, 6.45) is 2.48. The number of benzene rings is 1. The van der Waals surface area contributed by atoms with Gasteiger partial charge in [-0.05, 0) is 24.8 Å². The van der Waals surface area contributed by atoms with E-state index < -0.39 is 6.04 Å². The minimum Gasteiger partial charge on any atom is -0.352 e. The van der Waals surface area contributed by atoms with Crippen LogP contribution < -0.4 is 11.1 Å². The first-order valence-corrected chi connectivity index (χ1v) is 6.27. The fourth-order valence-electron chi connectivity index (χ4n) is 1.76. The van der Waals surface area contributed by atoms with Crippen molar-refractivity contribution in [3.8, 4) is 0 Å². The van der Waals surface area contributed by atoms with Gasteiger partial charge in [-0.25, -0.2) is 0 Å². The van der Waals surface area contributed by atoms with Gasteiger partial charge in [-0.2, -0.15) is 0 Å². The number of rotatable bonds is 6. The monoisotopic (exact) mass is 270 g/mol. The Hall–Kier alpha value is -1.06. The molecule has 0 aliphatic rings. The molecule has 4 heteroatoms. The van der Waals surface area contributed by atoms with Gasteiger partial charge in [-0.15, -0.1) is 12.4 Å². The summed E-state index contributed by atoms with van der Waals surface area (Å²) in [5.74, 6) is -0.0532. The molecule has 18 heavy (non-hydrogen) atoms. The highest BCUT2D eigenvalue weighted by molar-refractivity contribution is 5.85. The quantitative estimate of drug-likeness (QED) is 0.833. The molecular formula is C14H23ClN2O. The van der Waals surface area contributed by atoms with E-state index in [2.05, 4.69) is 19.2 Å². The molecule has 0 saturated heterocycles. The summed E-state index contributed by atoms with van der Waals surface area (Å²) in [6.45, 7) is 4.13. The van der Waals surface area contributed by atoms with Crippen LogP contribution in [0.15, 0.2) is 30.3 Å². The Morgan fingerprint density at radius 1 is 1.22 bits per heavy atom. The molecular weight excluding hydrogens is 248 g/mol. The maximum atomic E-state index is 11.8. The summed E-state index contributed by atoms with van der Waals surface area (Å²) >= 11 is 0. The van der Waals surface area contributed by atoms with E-state index >= 15 is 0 Å². The molecule has 1 aromatic carbocycles. The molecule has 0 fully saturated rings. The van der Waals surface area contributed by atoms with Crippen LogP contribution in [-0.4, -0.2) is 18.0 Å². The maximum absolute atomic E-state index is 11.8. The van der Waals surface area contributed by atoms with Crippen molar-refractivity contribution in [3.05, 3.63) is 35.9 Å². The molecule has 0 aliphatic carbocycles. The van der Waals surface area contributed by atoms with Crippen molar-refractivity contribution in [1.82, 2.24) is 5.32 Å². The standard InChI is InChI=1S/C14H22N2O.ClH/c1-3-12(4-2)16-14(17)13(15)10-11-8-6-5-7-9-11;/h5-9,12-13H,3-4,10,15H2,1-2H3,(H,16,17);1H. The predicted molar refractivity (Wildman–Crippen MR) is 77.9 cm³/mol. The summed E-state index contributed by atoms with van der Waals surface area (Å²) in [7, 11) is 0. The van der Waals surface area contributed by atoms with Gasteiger partial charge in [0.15, 0.2) is 0 Å². The van der Waals surface area contributed by atoms with Gasteiger partial charge in [0.2, 0.25) is 5.91 Å². The maximum Gasteiger partial charge on any atom is 0.237 e. The zero-order chi connectivity index (χ0) is 12.7. The van der Waals surface area contributed by atoms with Crippen LogP contribution in [0.1, 0.15) is 32.3 Å². The molecule has 1 unspecified atom stereocenters. The van der Waals surface area contributed by atoms with Crippen molar-refractivity contribution in [2.24, 2.45) is 5.73 Å². The topological polar surface area (TPSA) is 55.1 Å². The number of nitrogens with one attached hydrogen (secondary N) is 1. The van der Waals surface area contributed by atoms with Gasteiger partial charge in [0.05, 0.1) is 6.04 Å². The van der Waals surface area contributed by atoms with Crippen molar-refractivity contribution in [1.29, 1.82) is 0 Å². The first-order valence-electron chi connectivity index (χ1n) is 6.27. The molecule has 0 bridgehead atoms. The number of carbonyl (C=O) groups excluding carboxylic acids is 1. The second-order valence-electron chi connectivity index (χ2n) is 4.32. The van der Waals surface area contributed by atoms with E-state index in [4.69, 9.17) is 5.73 Å². The summed E-state index contributed by atoms with van der Waals surface area (Å²) in [5, 5.41) is 2.97. The molecule has 3 nitrogen and oxygen atoms in total. The third-order valence-corrected chi connectivity index (χ3v) is 2.97. The van der Waals surface area contributed by atoms with Gasteiger partial charge in [0, 0.05) is 6.04 Å². The number of hydrogen-bond acceptors (Lipinski definition) is 2. The number of nitrogens with two attached hydrogens (primary N) is 1. The fourth-order valence-corrected chi connectivity index (χ4v) is 1.76. The number of carbonyl (C=O) groups is 1. The molecule has 3 N–H and O–H groups in total. The van der Waals surface area contributed by atoms with E-state index in [1.54, 1.807) is 0 Å². The van der Waals surface area contributed by atoms with Crippen molar-refractivity contribution in [2.75, 3.05) is 0 Å². The van der Waals surface area contributed by atoms with Crippen molar-refractivity contribution in [2.45, 2.75) is 45.2 Å². The average molecular weight is 271 g/mol. The minimum absolute atomic E-state index is 0. The Morgan fingerprint density at radius 3 is 2.28 bits per heavy atom. The normalized spacial score (nSPS) is 11.8. The zero-order valence-corrected chi connectivity index (χ0v) is 11.9. The molecule has 1 amide bonds. The second-order valence-corrected chi connectivity index (χ2v) is 4.32. The largest absolute Gasteiger partial charge is 0.352 e. The van der Waals surface area contributed by atoms with E-state index in [1.165, 1.54) is 0 Å². The van der Waals surface area contributed by atoms with Crippen molar-refractivity contribution >= 4 is 18.3 Å². The Bertz CT molecular complexity index is 339. The number of hydrogen-bond donors (Lipinski definition) is 2. The van der Waals surface area contributed by atoms with Crippen LogP contribution in [0.25, 0.3) is 0 Å². The molecule has 0 aliphatic heterocycles. The lowest BCUT2D eigenvalue weighted by Gasteiger charge is -2.18. The average Bonchev–Trinajstić information content (AvgIpc) is 2.36. The highest BCUT2D eigenvalue weighted by Gasteiger charge is 2.16. The summed E-state index contributed by atoms with van der Waals surface area (Å²) in [4.78, 5) is 11.8. The van der Waals surface area contributed by atoms with Crippen LogP contribution >= 0.6 is 12.4 Å². The van der Waals surface area contributed by atoms with Gasteiger partial charge in [-0.1, -0.05) is 44.2 Å². The summed E-state index contributed by atoms with van der Waals surface area (Å²) in [6, 6.07) is 9.64. The van der Waals surface area contributed by atoms with Crippen LogP contribution in [0.2, 0.25) is 0 Å². The third-order valence-electron chi connectivity index (χ3n) is 2.97. The Morgan fingerprint density at radius 2 is 1.78 bits per heavy atom. The van der Waals surface area contributed by atoms with Crippen LogP contribution in [-0.2, 0) is 11.2 Å². The van der Waals surface area contributed by atoms with Gasteiger partial charge >= 0.3 is 0 Å². The summed E-state index contributed by atoms with van der Waals surface area (Å²) in [5.41, 5.74) is 6.99. The predicted octanol–water partition coefficient (Wildman–Crippen LogP) is 2.28. The molecule has 0 heterocycles. The minimum atomic E-state index is -0.460. The first-order chi connectivity index (χ1) is 8.17. The number of amides is 1. The van der Waals surface area contributed by atoms with Crippen LogP contribution in [0.3, 0.4) is 0 Å². The van der Waals surface area contributed by atoms with E-state index in [0.717, 1.165) is 18.4 Å². The smallest absolute Gasteiger partial charge is 0.237 e. The van der Waals surface area contributed by atoms with E-state index in [-0.39, 0.29) is 24.4 Å². The van der Waals surface area contributed by atoms with E-state index in [1.807, 2.05) is 30.3 Å². The van der Waals surface area contributed by atoms with Gasteiger partial charge in [0.1, 0.15) is 0 Å². The Balaban J connectivity index is 0.00000289. The second kappa shape index (κ2) is 8.95. The Kier molecular flexibility index (Phi) is 8.42. The third kappa shape index (κ3) is 5.52. The fraction of sp³-hybridized carbons (Fsp3) is 0.500. The van der Waals surface area contributed by atoms with Crippen LogP contribution in [0.4, 0.5) is 0 Å². The lowest BCUT2D eigenvalue weighted by molar-refractivity contribution is -0.123. The number of halogens is 1. The van der Waals surface area contributed by atoms with Gasteiger partial charge in [0.25, 0.3) is 0 Å². The Labute approximate surface area is 116 Å². The summed E-state index contributed by atoms with van der Waals surface area (Å²) < 4.78 is 0. The van der Waals surface area contributed by atoms with E-state index in [0.29, 0.717) is 6.42 Å². The lowest BCUT2D eigenvalue weighted by atomic mass is 10.1. The van der Waals surface area contributed by atoms with Gasteiger partial charge < -0.3 is 11.1 Å². The molecule has 1 aromatic rings. The highest BCUT2D eigenvalue weighted by atomic mass is 35.5. The van der Waals surface area contributed by atoms with Crippen LogP contribution in [0, 0.1) is 0 Å².